The zero-order chi connectivity index (χ0) is 14.4. The fourth-order valence-corrected chi connectivity index (χ4v) is 3.09. The van der Waals surface area contributed by atoms with Gasteiger partial charge >= 0.3 is 0 Å². The first-order valence-corrected chi connectivity index (χ1v) is 7.20. The molecule has 2 heterocycles. The maximum atomic E-state index is 2.27. The normalized spacial score (nSPS) is 11.3. The third-order valence-electron chi connectivity index (χ3n) is 4.24. The Morgan fingerprint density at radius 2 is 1.67 bits per heavy atom. The summed E-state index contributed by atoms with van der Waals surface area (Å²) >= 11 is 0. The topological polar surface area (TPSA) is 8.29 Å². The van der Waals surface area contributed by atoms with Crippen LogP contribution in [0.15, 0.2) is 66.9 Å². The molecule has 0 fully saturated rings. The van der Waals surface area contributed by atoms with Crippen molar-refractivity contribution in [1.29, 1.82) is 0 Å². The standard InChI is InChI=1S/C19H17N2/c1-14-7-3-5-9-16(14)18-11-12-21-17-10-6-4-8-15(17)13-19(21)20(18)2/h3-13H,1-2H3/q+1. The maximum Gasteiger partial charge on any atom is 0.287 e. The smallest absolute Gasteiger partial charge is 0.229 e. The summed E-state index contributed by atoms with van der Waals surface area (Å²) in [6, 6.07) is 21.5. The molecule has 0 atom stereocenters. The van der Waals surface area contributed by atoms with E-state index in [-0.39, 0.29) is 0 Å². The molecule has 4 aromatic rings. The number of aromatic nitrogens is 2. The lowest BCUT2D eigenvalue weighted by molar-refractivity contribution is -0.637. The number of aryl methyl sites for hydroxylation is 2. The van der Waals surface area contributed by atoms with Crippen molar-refractivity contribution < 1.29 is 4.57 Å². The van der Waals surface area contributed by atoms with Crippen LogP contribution < -0.4 is 4.57 Å². The second-order valence-corrected chi connectivity index (χ2v) is 5.51. The zero-order valence-electron chi connectivity index (χ0n) is 12.2. The minimum absolute atomic E-state index is 1.21. The Labute approximate surface area is 123 Å². The van der Waals surface area contributed by atoms with E-state index in [1.54, 1.807) is 0 Å². The predicted octanol–water partition coefficient (Wildman–Crippen LogP) is 3.89. The molecule has 4 rings (SSSR count). The van der Waals surface area contributed by atoms with Gasteiger partial charge < -0.3 is 0 Å². The van der Waals surface area contributed by atoms with Crippen molar-refractivity contribution in [2.75, 3.05) is 0 Å². The van der Waals surface area contributed by atoms with E-state index in [9.17, 15) is 0 Å². The van der Waals surface area contributed by atoms with Crippen LogP contribution in [0, 0.1) is 6.92 Å². The van der Waals surface area contributed by atoms with E-state index in [4.69, 9.17) is 0 Å². The third-order valence-corrected chi connectivity index (χ3v) is 4.24. The SMILES string of the molecule is Cc1ccccc1-c1ccn2c3ccccc3cc2[n+]1C. The quantitative estimate of drug-likeness (QED) is 0.465. The molecule has 0 radical (unpaired) electrons. The van der Waals surface area contributed by atoms with Crippen LogP contribution in [0.4, 0.5) is 0 Å². The Kier molecular flexibility index (Phi) is 2.58. The van der Waals surface area contributed by atoms with Crippen LogP contribution in [0.1, 0.15) is 5.56 Å². The van der Waals surface area contributed by atoms with E-state index in [0.717, 1.165) is 0 Å². The van der Waals surface area contributed by atoms with Crippen molar-refractivity contribution in [3.8, 4) is 11.3 Å². The van der Waals surface area contributed by atoms with E-state index < -0.39 is 0 Å². The monoisotopic (exact) mass is 273 g/mol. The average molecular weight is 273 g/mol. The van der Waals surface area contributed by atoms with Gasteiger partial charge in [0.15, 0.2) is 0 Å². The fourth-order valence-electron chi connectivity index (χ4n) is 3.09. The van der Waals surface area contributed by atoms with Crippen LogP contribution in [-0.2, 0) is 7.05 Å². The summed E-state index contributed by atoms with van der Waals surface area (Å²) in [5, 5.41) is 1.27. The second kappa shape index (κ2) is 4.45. The molecule has 0 spiro atoms. The number of fused-ring (bicyclic) bond motifs is 3. The number of hydrogen-bond acceptors (Lipinski definition) is 0. The molecule has 0 saturated heterocycles. The van der Waals surface area contributed by atoms with Crippen molar-refractivity contribution in [3.05, 3.63) is 72.4 Å². The summed E-state index contributed by atoms with van der Waals surface area (Å²) in [6.45, 7) is 2.16. The molecule has 2 aromatic heterocycles. The molecule has 0 saturated carbocycles. The van der Waals surface area contributed by atoms with Crippen LogP contribution >= 0.6 is 0 Å². The van der Waals surface area contributed by atoms with Gasteiger partial charge in [-0.05, 0) is 18.6 Å². The summed E-state index contributed by atoms with van der Waals surface area (Å²) in [7, 11) is 2.13. The molecule has 2 heteroatoms. The largest absolute Gasteiger partial charge is 0.287 e. The molecule has 0 amide bonds. The molecule has 2 aromatic carbocycles. The summed E-state index contributed by atoms with van der Waals surface area (Å²) in [5.41, 5.74) is 6.28. The Bertz CT molecular complexity index is 964. The van der Waals surface area contributed by atoms with E-state index in [2.05, 4.69) is 89.8 Å². The summed E-state index contributed by atoms with van der Waals surface area (Å²) in [5.74, 6) is 0. The predicted molar refractivity (Wildman–Crippen MR) is 86.3 cm³/mol. The van der Waals surface area contributed by atoms with Crippen molar-refractivity contribution in [3.63, 3.8) is 0 Å². The van der Waals surface area contributed by atoms with Gasteiger partial charge in [0, 0.05) is 23.1 Å². The van der Waals surface area contributed by atoms with Crippen molar-refractivity contribution >= 4 is 16.6 Å². The summed E-state index contributed by atoms with van der Waals surface area (Å²) < 4.78 is 4.51. The molecule has 0 aliphatic heterocycles. The van der Waals surface area contributed by atoms with Gasteiger partial charge in [0.25, 0.3) is 5.65 Å². The molecule has 0 unspecified atom stereocenters. The Hall–Kier alpha value is -2.61. The number of nitrogens with zero attached hydrogens (tertiary/aromatic N) is 2. The molecule has 0 N–H and O–H groups in total. The minimum Gasteiger partial charge on any atom is -0.229 e. The van der Waals surface area contributed by atoms with Crippen LogP contribution in [0.25, 0.3) is 27.8 Å². The molecule has 102 valence electrons. The van der Waals surface area contributed by atoms with Crippen LogP contribution in [0.3, 0.4) is 0 Å². The van der Waals surface area contributed by atoms with Crippen LogP contribution in [0.5, 0.6) is 0 Å². The molecule has 0 aliphatic carbocycles. The molecule has 0 aliphatic rings. The van der Waals surface area contributed by atoms with Gasteiger partial charge in [-0.1, -0.05) is 42.5 Å². The number of benzene rings is 2. The Morgan fingerprint density at radius 3 is 2.52 bits per heavy atom. The number of rotatable bonds is 1. The fraction of sp³-hybridized carbons (Fsp3) is 0.105. The first kappa shape index (κ1) is 12.2. The highest BCUT2D eigenvalue weighted by molar-refractivity contribution is 5.85. The number of hydrogen-bond donors (Lipinski definition) is 0. The Balaban J connectivity index is 2.07. The minimum atomic E-state index is 1.21. The lowest BCUT2D eigenvalue weighted by atomic mass is 10.1. The number of para-hydroxylation sites is 1. The Morgan fingerprint density at radius 1 is 0.905 bits per heavy atom. The zero-order valence-corrected chi connectivity index (χ0v) is 12.2. The lowest BCUT2D eigenvalue weighted by Gasteiger charge is -2.07. The summed E-state index contributed by atoms with van der Waals surface area (Å²) in [6.07, 6.45) is 2.17. The molecule has 2 nitrogen and oxygen atoms in total. The first-order chi connectivity index (χ1) is 10.3. The molecular formula is C19H17N2+. The first-order valence-electron chi connectivity index (χ1n) is 7.20. The van der Waals surface area contributed by atoms with Crippen molar-refractivity contribution in [2.24, 2.45) is 7.05 Å². The molecule has 21 heavy (non-hydrogen) atoms. The van der Waals surface area contributed by atoms with Gasteiger partial charge in [-0.25, -0.2) is 4.57 Å². The van der Waals surface area contributed by atoms with Crippen molar-refractivity contribution in [2.45, 2.75) is 6.92 Å². The molecular weight excluding hydrogens is 256 g/mol. The third kappa shape index (κ3) is 1.76. The van der Waals surface area contributed by atoms with Gasteiger partial charge in [0.05, 0.1) is 7.05 Å². The highest BCUT2D eigenvalue weighted by Crippen LogP contribution is 2.23. The van der Waals surface area contributed by atoms with Gasteiger partial charge in [-0.3, -0.25) is 0 Å². The van der Waals surface area contributed by atoms with E-state index >= 15 is 0 Å². The van der Waals surface area contributed by atoms with E-state index in [1.807, 2.05) is 0 Å². The van der Waals surface area contributed by atoms with Crippen LogP contribution in [0.2, 0.25) is 0 Å². The molecule has 0 bridgehead atoms. The van der Waals surface area contributed by atoms with Gasteiger partial charge in [-0.15, -0.1) is 0 Å². The van der Waals surface area contributed by atoms with Crippen molar-refractivity contribution in [1.82, 2.24) is 4.40 Å². The highest BCUT2D eigenvalue weighted by atomic mass is 15.1. The van der Waals surface area contributed by atoms with E-state index in [1.165, 1.54) is 33.4 Å². The lowest BCUT2D eigenvalue weighted by Crippen LogP contribution is -2.33. The second-order valence-electron chi connectivity index (χ2n) is 5.51. The van der Waals surface area contributed by atoms with Crippen LogP contribution in [-0.4, -0.2) is 4.40 Å². The van der Waals surface area contributed by atoms with Gasteiger partial charge in [0.2, 0.25) is 0 Å². The maximum absolute atomic E-state index is 2.27. The van der Waals surface area contributed by atoms with E-state index in [0.29, 0.717) is 0 Å². The summed E-state index contributed by atoms with van der Waals surface area (Å²) in [4.78, 5) is 0. The average Bonchev–Trinajstić information content (AvgIpc) is 2.89. The highest BCUT2D eigenvalue weighted by Gasteiger charge is 2.16. The van der Waals surface area contributed by atoms with Gasteiger partial charge in [-0.2, -0.15) is 4.40 Å². The van der Waals surface area contributed by atoms with Gasteiger partial charge in [0.1, 0.15) is 17.4 Å².